The lowest BCUT2D eigenvalue weighted by Crippen LogP contribution is -2.20. The third kappa shape index (κ3) is 3.07. The van der Waals surface area contributed by atoms with E-state index >= 15 is 0 Å². The van der Waals surface area contributed by atoms with Crippen LogP contribution in [0.2, 0.25) is 5.02 Å². The summed E-state index contributed by atoms with van der Waals surface area (Å²) in [4.78, 5) is 10.9. The SMILES string of the molecule is CC(=O)[C@H](C)Oc1ccc(Cl)cc1. The highest BCUT2D eigenvalue weighted by Gasteiger charge is 2.08. The molecule has 0 spiro atoms. The Labute approximate surface area is 82.5 Å². The predicted octanol–water partition coefficient (Wildman–Crippen LogP) is 2.70. The van der Waals surface area contributed by atoms with Crippen LogP contribution in [0.25, 0.3) is 0 Å². The minimum absolute atomic E-state index is 0.00921. The fraction of sp³-hybridized carbons (Fsp3) is 0.300. The zero-order valence-electron chi connectivity index (χ0n) is 7.58. The predicted molar refractivity (Wildman–Crippen MR) is 52.2 cm³/mol. The second-order valence-electron chi connectivity index (χ2n) is 2.82. The first kappa shape index (κ1) is 10.1. The summed E-state index contributed by atoms with van der Waals surface area (Å²) < 4.78 is 5.32. The molecule has 0 aliphatic rings. The summed E-state index contributed by atoms with van der Waals surface area (Å²) in [5.41, 5.74) is 0. The standard InChI is InChI=1S/C10H11ClO2/c1-7(12)8(2)13-10-5-3-9(11)4-6-10/h3-6,8H,1-2H3/t8-/m0/s1. The minimum atomic E-state index is -0.402. The first-order valence-electron chi connectivity index (χ1n) is 4.02. The maximum Gasteiger partial charge on any atom is 0.169 e. The van der Waals surface area contributed by atoms with Gasteiger partial charge in [-0.05, 0) is 38.1 Å². The van der Waals surface area contributed by atoms with E-state index < -0.39 is 6.10 Å². The summed E-state index contributed by atoms with van der Waals surface area (Å²) in [5.74, 6) is 0.669. The molecular weight excluding hydrogens is 188 g/mol. The van der Waals surface area contributed by atoms with Gasteiger partial charge in [-0.2, -0.15) is 0 Å². The Morgan fingerprint density at radius 1 is 1.38 bits per heavy atom. The van der Waals surface area contributed by atoms with Crippen molar-refractivity contribution in [1.82, 2.24) is 0 Å². The van der Waals surface area contributed by atoms with Gasteiger partial charge in [-0.3, -0.25) is 4.79 Å². The number of ketones is 1. The van der Waals surface area contributed by atoms with Crippen molar-refractivity contribution in [3.8, 4) is 5.75 Å². The molecule has 0 heterocycles. The number of carbonyl (C=O) groups is 1. The Bertz CT molecular complexity index is 292. The van der Waals surface area contributed by atoms with Gasteiger partial charge in [0.25, 0.3) is 0 Å². The minimum Gasteiger partial charge on any atom is -0.483 e. The number of carbonyl (C=O) groups excluding carboxylic acids is 1. The van der Waals surface area contributed by atoms with E-state index in [2.05, 4.69) is 0 Å². The van der Waals surface area contributed by atoms with Crippen molar-refractivity contribution < 1.29 is 9.53 Å². The lowest BCUT2D eigenvalue weighted by Gasteiger charge is -2.10. The van der Waals surface area contributed by atoms with Gasteiger partial charge in [-0.1, -0.05) is 11.6 Å². The molecule has 0 aliphatic heterocycles. The van der Waals surface area contributed by atoms with Gasteiger partial charge < -0.3 is 4.74 Å². The van der Waals surface area contributed by atoms with Gasteiger partial charge in [-0.15, -0.1) is 0 Å². The molecule has 0 radical (unpaired) electrons. The number of ether oxygens (including phenoxy) is 1. The lowest BCUT2D eigenvalue weighted by atomic mass is 10.3. The van der Waals surface area contributed by atoms with Gasteiger partial charge in [0.2, 0.25) is 0 Å². The average Bonchev–Trinajstić information content (AvgIpc) is 2.08. The number of halogens is 1. The van der Waals surface area contributed by atoms with E-state index in [1.54, 1.807) is 31.2 Å². The molecule has 13 heavy (non-hydrogen) atoms. The van der Waals surface area contributed by atoms with Gasteiger partial charge in [0, 0.05) is 5.02 Å². The summed E-state index contributed by atoms with van der Waals surface area (Å²) in [6.45, 7) is 3.22. The molecule has 3 heteroatoms. The van der Waals surface area contributed by atoms with Crippen LogP contribution in [0, 0.1) is 0 Å². The first-order valence-corrected chi connectivity index (χ1v) is 4.40. The molecule has 1 rings (SSSR count). The van der Waals surface area contributed by atoms with Gasteiger partial charge in [0.15, 0.2) is 11.9 Å². The van der Waals surface area contributed by atoms with Gasteiger partial charge in [-0.25, -0.2) is 0 Å². The monoisotopic (exact) mass is 198 g/mol. The van der Waals surface area contributed by atoms with Crippen LogP contribution in [0.3, 0.4) is 0 Å². The number of Topliss-reactive ketones (excluding diaryl/α,β-unsaturated/α-hetero) is 1. The molecule has 1 aromatic rings. The van der Waals surface area contributed by atoms with Crippen LogP contribution < -0.4 is 4.74 Å². The molecular formula is C10H11ClO2. The third-order valence-corrected chi connectivity index (χ3v) is 1.95. The van der Waals surface area contributed by atoms with Gasteiger partial charge in [0.05, 0.1) is 0 Å². The average molecular weight is 199 g/mol. The van der Waals surface area contributed by atoms with E-state index in [1.165, 1.54) is 6.92 Å². The quantitative estimate of drug-likeness (QED) is 0.747. The topological polar surface area (TPSA) is 26.3 Å². The molecule has 0 saturated heterocycles. The normalized spacial score (nSPS) is 12.2. The molecule has 0 aromatic heterocycles. The molecule has 0 N–H and O–H groups in total. The van der Waals surface area contributed by atoms with Crippen LogP contribution in [-0.4, -0.2) is 11.9 Å². The smallest absolute Gasteiger partial charge is 0.169 e. The molecule has 0 amide bonds. The van der Waals surface area contributed by atoms with E-state index in [1.807, 2.05) is 0 Å². The highest BCUT2D eigenvalue weighted by molar-refractivity contribution is 6.30. The van der Waals surface area contributed by atoms with Crippen LogP contribution in [0.15, 0.2) is 24.3 Å². The Kier molecular flexibility index (Phi) is 3.32. The summed E-state index contributed by atoms with van der Waals surface area (Å²) in [6, 6.07) is 6.93. The van der Waals surface area contributed by atoms with E-state index in [-0.39, 0.29) is 5.78 Å². The van der Waals surface area contributed by atoms with Crippen molar-refractivity contribution in [2.45, 2.75) is 20.0 Å². The zero-order valence-corrected chi connectivity index (χ0v) is 8.34. The molecule has 2 nitrogen and oxygen atoms in total. The fourth-order valence-electron chi connectivity index (χ4n) is 0.800. The number of hydrogen-bond donors (Lipinski definition) is 0. The van der Waals surface area contributed by atoms with E-state index in [9.17, 15) is 4.79 Å². The summed E-state index contributed by atoms with van der Waals surface area (Å²) >= 11 is 5.69. The van der Waals surface area contributed by atoms with Crippen molar-refractivity contribution >= 4 is 17.4 Å². The Balaban J connectivity index is 2.64. The Morgan fingerprint density at radius 2 is 1.92 bits per heavy atom. The largest absolute Gasteiger partial charge is 0.483 e. The number of rotatable bonds is 3. The second-order valence-corrected chi connectivity index (χ2v) is 3.26. The highest BCUT2D eigenvalue weighted by Crippen LogP contribution is 2.16. The van der Waals surface area contributed by atoms with Gasteiger partial charge >= 0.3 is 0 Å². The number of benzene rings is 1. The fourth-order valence-corrected chi connectivity index (χ4v) is 0.926. The van der Waals surface area contributed by atoms with Crippen LogP contribution >= 0.6 is 11.6 Å². The number of hydrogen-bond acceptors (Lipinski definition) is 2. The molecule has 0 bridgehead atoms. The van der Waals surface area contributed by atoms with Crippen LogP contribution in [0.4, 0.5) is 0 Å². The molecule has 70 valence electrons. The van der Waals surface area contributed by atoms with E-state index in [4.69, 9.17) is 16.3 Å². The van der Waals surface area contributed by atoms with Crippen molar-refractivity contribution in [2.75, 3.05) is 0 Å². The molecule has 0 unspecified atom stereocenters. The van der Waals surface area contributed by atoms with Crippen LogP contribution in [-0.2, 0) is 4.79 Å². The third-order valence-electron chi connectivity index (χ3n) is 1.70. The van der Waals surface area contributed by atoms with Crippen molar-refractivity contribution in [2.24, 2.45) is 0 Å². The first-order chi connectivity index (χ1) is 6.09. The van der Waals surface area contributed by atoms with Crippen molar-refractivity contribution in [3.05, 3.63) is 29.3 Å². The van der Waals surface area contributed by atoms with Crippen molar-refractivity contribution in [1.29, 1.82) is 0 Å². The Hall–Kier alpha value is -1.02. The van der Waals surface area contributed by atoms with Crippen LogP contribution in [0.5, 0.6) is 5.75 Å². The van der Waals surface area contributed by atoms with Crippen molar-refractivity contribution in [3.63, 3.8) is 0 Å². The van der Waals surface area contributed by atoms with Gasteiger partial charge in [0.1, 0.15) is 5.75 Å². The Morgan fingerprint density at radius 3 is 2.38 bits per heavy atom. The van der Waals surface area contributed by atoms with E-state index in [0.29, 0.717) is 10.8 Å². The maximum atomic E-state index is 10.9. The molecule has 1 atom stereocenters. The van der Waals surface area contributed by atoms with E-state index in [0.717, 1.165) is 0 Å². The molecule has 0 saturated carbocycles. The second kappa shape index (κ2) is 4.28. The highest BCUT2D eigenvalue weighted by atomic mass is 35.5. The summed E-state index contributed by atoms with van der Waals surface area (Å²) in [6.07, 6.45) is -0.402. The maximum absolute atomic E-state index is 10.9. The lowest BCUT2D eigenvalue weighted by molar-refractivity contribution is -0.122. The summed E-state index contributed by atoms with van der Waals surface area (Å²) in [7, 11) is 0. The summed E-state index contributed by atoms with van der Waals surface area (Å²) in [5, 5.41) is 0.655. The molecule has 0 fully saturated rings. The molecule has 1 aromatic carbocycles. The zero-order chi connectivity index (χ0) is 9.84. The molecule has 0 aliphatic carbocycles. The van der Waals surface area contributed by atoms with Crippen LogP contribution in [0.1, 0.15) is 13.8 Å².